The van der Waals surface area contributed by atoms with Gasteiger partial charge in [-0.2, -0.15) is 5.10 Å². The number of carbonyl (C=O) groups is 2. The molecule has 3 aromatic carbocycles. The number of hydrogen-bond donors (Lipinski definition) is 2. The van der Waals surface area contributed by atoms with Crippen LogP contribution in [0.5, 0.6) is 0 Å². The summed E-state index contributed by atoms with van der Waals surface area (Å²) < 4.78 is 14.9. The fourth-order valence-electron chi connectivity index (χ4n) is 5.22. The number of fused-ring (bicyclic) bond motifs is 1. The molecule has 2 aliphatic heterocycles. The maximum Gasteiger partial charge on any atom is 0.272 e. The molecular formula is C27H21FN4O3. The first-order valence-corrected chi connectivity index (χ1v) is 11.5. The summed E-state index contributed by atoms with van der Waals surface area (Å²) in [5, 5.41) is 10.8. The topological polar surface area (TPSA) is 95.2 Å². The van der Waals surface area contributed by atoms with Crippen molar-refractivity contribution in [3.63, 3.8) is 0 Å². The zero-order valence-corrected chi connectivity index (χ0v) is 18.7. The van der Waals surface area contributed by atoms with Gasteiger partial charge < -0.3 is 10.2 Å². The van der Waals surface area contributed by atoms with Crippen molar-refractivity contribution in [3.8, 4) is 0 Å². The molecule has 0 spiro atoms. The van der Waals surface area contributed by atoms with Gasteiger partial charge in [0.15, 0.2) is 0 Å². The van der Waals surface area contributed by atoms with E-state index in [9.17, 15) is 18.8 Å². The van der Waals surface area contributed by atoms with E-state index in [0.717, 1.165) is 11.1 Å². The molecule has 8 heteroatoms. The maximum atomic E-state index is 14.9. The molecule has 0 saturated heterocycles. The average molecular weight is 468 g/mol. The second-order valence-corrected chi connectivity index (χ2v) is 8.89. The lowest BCUT2D eigenvalue weighted by Crippen LogP contribution is -2.49. The van der Waals surface area contributed by atoms with E-state index >= 15 is 0 Å². The third-order valence-electron chi connectivity index (χ3n) is 6.90. The average Bonchev–Trinajstić information content (AvgIpc) is 2.88. The molecule has 6 rings (SSSR count). The van der Waals surface area contributed by atoms with Crippen LogP contribution in [-0.2, 0) is 12.8 Å². The van der Waals surface area contributed by atoms with Crippen molar-refractivity contribution >= 4 is 22.6 Å². The normalized spacial score (nSPS) is 16.7. The van der Waals surface area contributed by atoms with Gasteiger partial charge in [0.1, 0.15) is 5.82 Å². The van der Waals surface area contributed by atoms with Crippen LogP contribution in [0.15, 0.2) is 65.5 Å². The minimum Gasteiger partial charge on any atom is -0.350 e. The molecule has 1 atom stereocenters. The molecule has 2 amide bonds. The molecule has 2 aliphatic rings. The SMILES string of the molecule is O=C1NCC2c3c(cccc31)CCN2C(=O)c1cc(Cc2n[nH]c(=O)c3ccccc23)ccc1F. The fourth-order valence-corrected chi connectivity index (χ4v) is 5.22. The maximum absolute atomic E-state index is 14.9. The summed E-state index contributed by atoms with van der Waals surface area (Å²) >= 11 is 0. The van der Waals surface area contributed by atoms with Gasteiger partial charge in [-0.25, -0.2) is 9.49 Å². The highest BCUT2D eigenvalue weighted by molar-refractivity contribution is 5.99. The Morgan fingerprint density at radius 2 is 1.89 bits per heavy atom. The standard InChI is InChI=1S/C27H21FN4O3/c28-21-9-8-15(13-22-17-5-1-2-6-18(17)26(34)31-30-22)12-20(21)27(35)32-11-10-16-4-3-7-19-24(16)23(32)14-29-25(19)33/h1-9,12,23H,10-11,13-14H2,(H,29,33)(H,31,34). The number of hydrogen-bond acceptors (Lipinski definition) is 4. The molecule has 1 unspecified atom stereocenters. The molecule has 3 heterocycles. The van der Waals surface area contributed by atoms with E-state index in [-0.39, 0.29) is 23.1 Å². The summed E-state index contributed by atoms with van der Waals surface area (Å²) in [6.07, 6.45) is 0.928. The summed E-state index contributed by atoms with van der Waals surface area (Å²) in [6, 6.07) is 16.9. The number of H-pyrrole nitrogens is 1. The molecule has 35 heavy (non-hydrogen) atoms. The molecule has 1 aromatic heterocycles. The molecule has 7 nitrogen and oxygen atoms in total. The molecule has 0 fully saturated rings. The second-order valence-electron chi connectivity index (χ2n) is 8.89. The number of aromatic amines is 1. The number of rotatable bonds is 3. The summed E-state index contributed by atoms with van der Waals surface area (Å²) in [5.41, 5.74) is 3.53. The highest BCUT2D eigenvalue weighted by atomic mass is 19.1. The number of nitrogens with one attached hydrogen (secondary N) is 2. The minimum atomic E-state index is -0.600. The Morgan fingerprint density at radius 1 is 1.06 bits per heavy atom. The first kappa shape index (κ1) is 21.2. The van der Waals surface area contributed by atoms with E-state index in [0.29, 0.717) is 53.5 Å². The van der Waals surface area contributed by atoms with E-state index in [1.165, 1.54) is 6.07 Å². The molecular weight excluding hydrogens is 447 g/mol. The highest BCUT2D eigenvalue weighted by Crippen LogP contribution is 2.35. The van der Waals surface area contributed by atoms with Crippen LogP contribution in [0.2, 0.25) is 0 Å². The third kappa shape index (κ3) is 3.49. The monoisotopic (exact) mass is 468 g/mol. The van der Waals surface area contributed by atoms with E-state index in [1.807, 2.05) is 24.3 Å². The van der Waals surface area contributed by atoms with Crippen LogP contribution >= 0.6 is 0 Å². The Hall–Kier alpha value is -4.33. The van der Waals surface area contributed by atoms with E-state index in [4.69, 9.17) is 0 Å². The number of carbonyl (C=O) groups excluding carboxylic acids is 2. The highest BCUT2D eigenvalue weighted by Gasteiger charge is 2.37. The number of aromatic nitrogens is 2. The van der Waals surface area contributed by atoms with Gasteiger partial charge in [0.05, 0.1) is 22.7 Å². The smallest absolute Gasteiger partial charge is 0.272 e. The Morgan fingerprint density at radius 3 is 2.74 bits per heavy atom. The minimum absolute atomic E-state index is 0.0194. The van der Waals surface area contributed by atoms with Gasteiger partial charge in [-0.3, -0.25) is 14.4 Å². The lowest BCUT2D eigenvalue weighted by molar-refractivity contribution is 0.0627. The van der Waals surface area contributed by atoms with E-state index in [2.05, 4.69) is 15.5 Å². The van der Waals surface area contributed by atoms with Crippen LogP contribution < -0.4 is 10.9 Å². The van der Waals surface area contributed by atoms with Gasteiger partial charge >= 0.3 is 0 Å². The Bertz CT molecular complexity index is 1580. The van der Waals surface area contributed by atoms with Crippen molar-refractivity contribution < 1.29 is 14.0 Å². The quantitative estimate of drug-likeness (QED) is 0.483. The zero-order valence-electron chi connectivity index (χ0n) is 18.7. The molecule has 0 bridgehead atoms. The van der Waals surface area contributed by atoms with Crippen molar-refractivity contribution in [1.82, 2.24) is 20.4 Å². The fraction of sp³-hybridized carbons (Fsp3) is 0.185. The number of halogens is 1. The van der Waals surface area contributed by atoms with Gasteiger partial charge in [-0.15, -0.1) is 0 Å². The van der Waals surface area contributed by atoms with Crippen molar-refractivity contribution in [2.45, 2.75) is 18.9 Å². The lowest BCUT2D eigenvalue weighted by atomic mass is 9.85. The van der Waals surface area contributed by atoms with Gasteiger partial charge in [0.2, 0.25) is 0 Å². The third-order valence-corrected chi connectivity index (χ3v) is 6.90. The lowest BCUT2D eigenvalue weighted by Gasteiger charge is -2.40. The molecule has 174 valence electrons. The second kappa shape index (κ2) is 8.16. The van der Waals surface area contributed by atoms with Gasteiger partial charge in [0, 0.05) is 30.5 Å². The summed E-state index contributed by atoms with van der Waals surface area (Å²) in [4.78, 5) is 39.7. The van der Waals surface area contributed by atoms with Gasteiger partial charge in [0.25, 0.3) is 17.4 Å². The van der Waals surface area contributed by atoms with Crippen LogP contribution in [0.1, 0.15) is 49.1 Å². The van der Waals surface area contributed by atoms with Crippen molar-refractivity contribution in [3.05, 3.63) is 110 Å². The number of nitrogens with zero attached hydrogens (tertiary/aromatic N) is 2. The largest absolute Gasteiger partial charge is 0.350 e. The van der Waals surface area contributed by atoms with Crippen LogP contribution in [0.25, 0.3) is 10.8 Å². The van der Waals surface area contributed by atoms with Crippen molar-refractivity contribution in [1.29, 1.82) is 0 Å². The van der Waals surface area contributed by atoms with Crippen LogP contribution in [0.3, 0.4) is 0 Å². The van der Waals surface area contributed by atoms with Crippen LogP contribution in [0.4, 0.5) is 4.39 Å². The van der Waals surface area contributed by atoms with Crippen molar-refractivity contribution in [2.75, 3.05) is 13.1 Å². The Kier molecular flexibility index (Phi) is 4.95. The van der Waals surface area contributed by atoms with Gasteiger partial charge in [-0.1, -0.05) is 36.4 Å². The molecule has 0 saturated carbocycles. The Labute approximate surface area is 199 Å². The van der Waals surface area contributed by atoms with E-state index < -0.39 is 11.7 Å². The Balaban J connectivity index is 1.35. The van der Waals surface area contributed by atoms with Gasteiger partial charge in [-0.05, 0) is 47.4 Å². The predicted octanol–water partition coefficient (Wildman–Crippen LogP) is 3.14. The number of benzene rings is 3. The summed E-state index contributed by atoms with van der Waals surface area (Å²) in [5.74, 6) is -1.16. The first-order valence-electron chi connectivity index (χ1n) is 11.5. The molecule has 0 radical (unpaired) electrons. The van der Waals surface area contributed by atoms with Crippen LogP contribution in [0, 0.1) is 5.82 Å². The molecule has 4 aromatic rings. The number of amides is 2. The first-order chi connectivity index (χ1) is 17.0. The van der Waals surface area contributed by atoms with Crippen LogP contribution in [-0.4, -0.2) is 40.0 Å². The summed E-state index contributed by atoms with van der Waals surface area (Å²) in [6.45, 7) is 0.731. The van der Waals surface area contributed by atoms with Crippen molar-refractivity contribution in [2.24, 2.45) is 0 Å². The molecule has 2 N–H and O–H groups in total. The predicted molar refractivity (Wildman–Crippen MR) is 128 cm³/mol. The summed E-state index contributed by atoms with van der Waals surface area (Å²) in [7, 11) is 0. The van der Waals surface area contributed by atoms with E-state index in [1.54, 1.807) is 35.2 Å². The molecule has 0 aliphatic carbocycles. The zero-order chi connectivity index (χ0) is 24.1.